The molecule has 0 radical (unpaired) electrons. The fourth-order valence-corrected chi connectivity index (χ4v) is 4.35. The maximum atomic E-state index is 12.9. The molecule has 1 aromatic carbocycles. The molecule has 0 saturated heterocycles. The number of hydrogen-bond acceptors (Lipinski definition) is 5. The van der Waals surface area contributed by atoms with Crippen LogP contribution in [0.25, 0.3) is 0 Å². The van der Waals surface area contributed by atoms with Crippen molar-refractivity contribution < 1.29 is 18.3 Å². The molecule has 3 rings (SSSR count). The van der Waals surface area contributed by atoms with Crippen molar-refractivity contribution in [1.29, 1.82) is 5.26 Å². The molecule has 1 aliphatic carbocycles. The number of hydrogen-bond donors (Lipinski definition) is 1. The topological polar surface area (TPSA) is 56.9 Å². The first-order valence-electron chi connectivity index (χ1n) is 7.20. The molecule has 1 atom stereocenters. The Labute approximate surface area is 145 Å². The van der Waals surface area contributed by atoms with Gasteiger partial charge in [0, 0.05) is 10.8 Å². The second-order valence-corrected chi connectivity index (χ2v) is 8.12. The first-order valence-corrected chi connectivity index (χ1v) is 8.84. The van der Waals surface area contributed by atoms with Gasteiger partial charge in [0.15, 0.2) is 10.6 Å². The summed E-state index contributed by atoms with van der Waals surface area (Å²) in [4.78, 5) is 5.07. The summed E-state index contributed by atoms with van der Waals surface area (Å²) in [5.74, 6) is 0.385. The first-order chi connectivity index (χ1) is 11.2. The monoisotopic (exact) mass is 370 g/mol. The van der Waals surface area contributed by atoms with Crippen molar-refractivity contribution in [3.05, 3.63) is 40.5 Å². The van der Waals surface area contributed by atoms with Crippen molar-refractivity contribution >= 4 is 23.1 Å². The zero-order valence-corrected chi connectivity index (χ0v) is 14.2. The number of thiazole rings is 1. The maximum absolute atomic E-state index is 12.9. The van der Waals surface area contributed by atoms with Crippen molar-refractivity contribution in [2.45, 2.75) is 46.6 Å². The SMILES string of the molecule is CC(O)(c1ccc(Sc2sc(C#N)nc2C2CC2)cc1)C(F)(F)F. The molecule has 1 saturated carbocycles. The number of rotatable bonds is 4. The van der Waals surface area contributed by atoms with Crippen LogP contribution in [0.15, 0.2) is 33.4 Å². The molecule has 0 spiro atoms. The van der Waals surface area contributed by atoms with Crippen molar-refractivity contribution in [3.8, 4) is 6.07 Å². The van der Waals surface area contributed by atoms with Crippen LogP contribution >= 0.6 is 23.1 Å². The molecule has 1 fully saturated rings. The average molecular weight is 370 g/mol. The molecule has 0 aliphatic heterocycles. The molecule has 3 nitrogen and oxygen atoms in total. The molecule has 1 N–H and O–H groups in total. The third-order valence-corrected chi connectivity index (χ3v) is 6.03. The van der Waals surface area contributed by atoms with E-state index >= 15 is 0 Å². The van der Waals surface area contributed by atoms with Crippen LogP contribution in [-0.4, -0.2) is 16.3 Å². The molecule has 24 heavy (non-hydrogen) atoms. The molecule has 8 heteroatoms. The molecule has 1 heterocycles. The molecule has 2 aromatic rings. The second-order valence-electron chi connectivity index (χ2n) is 5.77. The molecular weight excluding hydrogens is 357 g/mol. The third-order valence-electron chi connectivity index (χ3n) is 3.86. The summed E-state index contributed by atoms with van der Waals surface area (Å²) in [6.07, 6.45) is -2.63. The van der Waals surface area contributed by atoms with Crippen LogP contribution in [-0.2, 0) is 5.60 Å². The summed E-state index contributed by atoms with van der Waals surface area (Å²) in [6, 6.07) is 7.68. The molecule has 0 bridgehead atoms. The van der Waals surface area contributed by atoms with Crippen LogP contribution in [0.5, 0.6) is 0 Å². The smallest absolute Gasteiger partial charge is 0.376 e. The van der Waals surface area contributed by atoms with Crippen LogP contribution in [0.1, 0.15) is 41.9 Å². The number of nitrogens with zero attached hydrogens (tertiary/aromatic N) is 2. The van der Waals surface area contributed by atoms with Crippen LogP contribution < -0.4 is 0 Å². The van der Waals surface area contributed by atoms with E-state index in [2.05, 4.69) is 4.98 Å². The fraction of sp³-hybridized carbons (Fsp3) is 0.375. The van der Waals surface area contributed by atoms with E-state index in [1.165, 1.54) is 35.2 Å². The lowest BCUT2D eigenvalue weighted by Crippen LogP contribution is -2.39. The minimum absolute atomic E-state index is 0.205. The van der Waals surface area contributed by atoms with E-state index in [4.69, 9.17) is 5.26 Å². The van der Waals surface area contributed by atoms with Crippen molar-refractivity contribution in [2.75, 3.05) is 0 Å². The number of halogens is 3. The quantitative estimate of drug-likeness (QED) is 0.839. The van der Waals surface area contributed by atoms with E-state index in [0.717, 1.165) is 34.6 Å². The number of nitriles is 1. The maximum Gasteiger partial charge on any atom is 0.421 e. The van der Waals surface area contributed by atoms with E-state index in [9.17, 15) is 18.3 Å². The summed E-state index contributed by atoms with van der Waals surface area (Å²) in [5, 5.41) is 19.1. The Morgan fingerprint density at radius 1 is 1.29 bits per heavy atom. The van der Waals surface area contributed by atoms with E-state index < -0.39 is 11.8 Å². The summed E-state index contributed by atoms with van der Waals surface area (Å²) in [5.41, 5.74) is -2.18. The number of aliphatic hydroxyl groups is 1. The Hall–Kier alpha value is -1.56. The van der Waals surface area contributed by atoms with Gasteiger partial charge in [-0.25, -0.2) is 4.98 Å². The second kappa shape index (κ2) is 6.06. The molecule has 1 unspecified atom stereocenters. The van der Waals surface area contributed by atoms with Crippen molar-refractivity contribution in [3.63, 3.8) is 0 Å². The van der Waals surface area contributed by atoms with Gasteiger partial charge in [0.2, 0.25) is 0 Å². The van der Waals surface area contributed by atoms with E-state index in [1.807, 2.05) is 6.07 Å². The van der Waals surface area contributed by atoms with Gasteiger partial charge in [-0.05, 0) is 37.5 Å². The van der Waals surface area contributed by atoms with Gasteiger partial charge in [0.1, 0.15) is 6.07 Å². The van der Waals surface area contributed by atoms with Crippen LogP contribution in [0, 0.1) is 11.3 Å². The van der Waals surface area contributed by atoms with Gasteiger partial charge in [-0.1, -0.05) is 35.2 Å². The molecule has 1 aromatic heterocycles. The summed E-state index contributed by atoms with van der Waals surface area (Å²) >= 11 is 2.69. The van der Waals surface area contributed by atoms with Gasteiger partial charge in [-0.2, -0.15) is 18.4 Å². The van der Waals surface area contributed by atoms with Crippen molar-refractivity contribution in [1.82, 2.24) is 4.98 Å². The number of benzene rings is 1. The normalized spacial score (nSPS) is 17.3. The fourth-order valence-electron chi connectivity index (χ4n) is 2.17. The predicted octanol–water partition coefficient (Wildman–Crippen LogP) is 4.81. The Morgan fingerprint density at radius 3 is 2.42 bits per heavy atom. The predicted molar refractivity (Wildman–Crippen MR) is 85.0 cm³/mol. The lowest BCUT2D eigenvalue weighted by atomic mass is 9.96. The van der Waals surface area contributed by atoms with Gasteiger partial charge in [0.05, 0.1) is 9.90 Å². The lowest BCUT2D eigenvalue weighted by Gasteiger charge is -2.26. The van der Waals surface area contributed by atoms with E-state index in [0.29, 0.717) is 10.9 Å². The van der Waals surface area contributed by atoms with Gasteiger partial charge >= 0.3 is 6.18 Å². The minimum Gasteiger partial charge on any atom is -0.376 e. The van der Waals surface area contributed by atoms with Gasteiger partial charge in [-0.3, -0.25) is 0 Å². The van der Waals surface area contributed by atoms with Gasteiger partial charge < -0.3 is 5.11 Å². The standard InChI is InChI=1S/C16H13F3N2OS2/c1-15(22,16(17,18)19)10-4-6-11(7-5-10)23-14-13(9-2-3-9)21-12(8-20)24-14/h4-7,9,22H,2-3H2,1H3. The first kappa shape index (κ1) is 17.3. The van der Waals surface area contributed by atoms with Gasteiger partial charge in [0.25, 0.3) is 0 Å². The molecule has 1 aliphatic rings. The Bertz CT molecular complexity index is 787. The largest absolute Gasteiger partial charge is 0.421 e. The van der Waals surface area contributed by atoms with Crippen molar-refractivity contribution in [2.24, 2.45) is 0 Å². The lowest BCUT2D eigenvalue weighted by molar-refractivity contribution is -0.258. The number of alkyl halides is 3. The van der Waals surface area contributed by atoms with E-state index in [1.54, 1.807) is 12.1 Å². The highest BCUT2D eigenvalue weighted by atomic mass is 32.2. The Balaban J connectivity index is 1.83. The molecule has 0 amide bonds. The highest BCUT2D eigenvalue weighted by Gasteiger charge is 2.51. The zero-order valence-electron chi connectivity index (χ0n) is 12.6. The van der Waals surface area contributed by atoms with E-state index in [-0.39, 0.29) is 5.56 Å². The van der Waals surface area contributed by atoms with Crippen LogP contribution in [0.3, 0.4) is 0 Å². The highest BCUT2D eigenvalue weighted by molar-refractivity contribution is 8.01. The zero-order chi connectivity index (χ0) is 17.5. The Morgan fingerprint density at radius 2 is 1.92 bits per heavy atom. The highest BCUT2D eigenvalue weighted by Crippen LogP contribution is 2.47. The Kier molecular flexibility index (Phi) is 4.36. The molecular formula is C16H13F3N2OS2. The van der Waals surface area contributed by atoms with Crippen LogP contribution in [0.2, 0.25) is 0 Å². The number of aromatic nitrogens is 1. The summed E-state index contributed by atoms with van der Waals surface area (Å²) < 4.78 is 39.5. The average Bonchev–Trinajstić information content (AvgIpc) is 3.28. The van der Waals surface area contributed by atoms with Crippen LogP contribution in [0.4, 0.5) is 13.2 Å². The van der Waals surface area contributed by atoms with Gasteiger partial charge in [-0.15, -0.1) is 0 Å². The summed E-state index contributed by atoms with van der Waals surface area (Å²) in [7, 11) is 0. The minimum atomic E-state index is -4.74. The molecule has 126 valence electrons. The third kappa shape index (κ3) is 3.29. The summed E-state index contributed by atoms with van der Waals surface area (Å²) in [6.45, 7) is 0.739.